The summed E-state index contributed by atoms with van der Waals surface area (Å²) in [6, 6.07) is 16.0. The molecule has 6 nitrogen and oxygen atoms in total. The van der Waals surface area contributed by atoms with Gasteiger partial charge in [0.15, 0.2) is 0 Å². The Morgan fingerprint density at radius 2 is 1.81 bits per heavy atom. The van der Waals surface area contributed by atoms with Gasteiger partial charge in [-0.1, -0.05) is 48.0 Å². The molecular weight excluding hydrogens is 366 g/mol. The highest BCUT2D eigenvalue weighted by Gasteiger charge is 2.29. The molecule has 7 heteroatoms. The van der Waals surface area contributed by atoms with Gasteiger partial charge in [0.2, 0.25) is 0 Å². The largest absolute Gasteiger partial charge is 0.445 e. The number of hydrogen-bond acceptors (Lipinski definition) is 5. The summed E-state index contributed by atoms with van der Waals surface area (Å²) in [5, 5.41) is 0. The SMILES string of the molecule is Cc1ccc(S(=O)(=O)OCC2CCN(C(=O)OCc3ccccc3)C2)cc1. The number of ether oxygens (including phenoxy) is 1. The van der Waals surface area contributed by atoms with Crippen LogP contribution in [0.25, 0.3) is 0 Å². The van der Waals surface area contributed by atoms with E-state index in [9.17, 15) is 13.2 Å². The molecular formula is C20H23NO5S. The lowest BCUT2D eigenvalue weighted by Crippen LogP contribution is -2.30. The van der Waals surface area contributed by atoms with Crippen LogP contribution in [0.3, 0.4) is 0 Å². The maximum absolute atomic E-state index is 12.2. The highest BCUT2D eigenvalue weighted by atomic mass is 32.2. The predicted molar refractivity (Wildman–Crippen MR) is 101 cm³/mol. The summed E-state index contributed by atoms with van der Waals surface area (Å²) in [4.78, 5) is 13.9. The third kappa shape index (κ3) is 5.30. The first kappa shape index (κ1) is 19.4. The van der Waals surface area contributed by atoms with Crippen LogP contribution in [0, 0.1) is 12.8 Å². The minimum absolute atomic E-state index is 0.0329. The normalized spacial score (nSPS) is 17.1. The van der Waals surface area contributed by atoms with Crippen molar-refractivity contribution in [2.24, 2.45) is 5.92 Å². The van der Waals surface area contributed by atoms with E-state index in [-0.39, 0.29) is 30.1 Å². The van der Waals surface area contributed by atoms with Crippen LogP contribution in [-0.4, -0.2) is 39.1 Å². The summed E-state index contributed by atoms with van der Waals surface area (Å²) in [6.45, 7) is 3.13. The Kier molecular flexibility index (Phi) is 6.13. The molecule has 0 radical (unpaired) electrons. The Balaban J connectivity index is 1.46. The number of carbonyl (C=O) groups excluding carboxylic acids is 1. The van der Waals surface area contributed by atoms with Crippen molar-refractivity contribution >= 4 is 16.2 Å². The van der Waals surface area contributed by atoms with Gasteiger partial charge in [-0.2, -0.15) is 8.42 Å². The zero-order valence-electron chi connectivity index (χ0n) is 15.2. The fraction of sp³-hybridized carbons (Fsp3) is 0.350. The molecule has 1 heterocycles. The van der Waals surface area contributed by atoms with E-state index in [1.165, 1.54) is 12.1 Å². The molecule has 0 aliphatic carbocycles. The van der Waals surface area contributed by atoms with Gasteiger partial charge in [0, 0.05) is 19.0 Å². The highest BCUT2D eigenvalue weighted by molar-refractivity contribution is 7.86. The second-order valence-corrected chi connectivity index (χ2v) is 8.31. The Hall–Kier alpha value is -2.38. The van der Waals surface area contributed by atoms with Gasteiger partial charge in [0.1, 0.15) is 6.61 Å². The molecule has 2 aromatic rings. The first-order valence-electron chi connectivity index (χ1n) is 8.86. The zero-order valence-corrected chi connectivity index (χ0v) is 16.0. The summed E-state index contributed by atoms with van der Waals surface area (Å²) in [5.41, 5.74) is 1.91. The molecule has 0 spiro atoms. The number of rotatable bonds is 6. The first-order chi connectivity index (χ1) is 12.9. The molecule has 27 heavy (non-hydrogen) atoms. The van der Waals surface area contributed by atoms with Crippen molar-refractivity contribution in [3.63, 3.8) is 0 Å². The zero-order chi connectivity index (χ0) is 19.3. The molecule has 1 fully saturated rings. The second-order valence-electron chi connectivity index (χ2n) is 6.69. The fourth-order valence-corrected chi connectivity index (χ4v) is 3.88. The van der Waals surface area contributed by atoms with Crippen LogP contribution in [-0.2, 0) is 25.6 Å². The Labute approximate surface area is 159 Å². The van der Waals surface area contributed by atoms with E-state index in [4.69, 9.17) is 8.92 Å². The molecule has 3 rings (SSSR count). The van der Waals surface area contributed by atoms with Gasteiger partial charge in [-0.05, 0) is 31.0 Å². The number of likely N-dealkylation sites (tertiary alicyclic amines) is 1. The van der Waals surface area contributed by atoms with E-state index < -0.39 is 10.1 Å². The van der Waals surface area contributed by atoms with Crippen molar-refractivity contribution in [1.29, 1.82) is 0 Å². The second kappa shape index (κ2) is 8.54. The minimum atomic E-state index is -3.78. The molecule has 1 amide bonds. The molecule has 2 aromatic carbocycles. The lowest BCUT2D eigenvalue weighted by Gasteiger charge is -2.16. The molecule has 1 saturated heterocycles. The topological polar surface area (TPSA) is 72.9 Å². The van der Waals surface area contributed by atoms with Crippen LogP contribution in [0.1, 0.15) is 17.5 Å². The molecule has 0 bridgehead atoms. The van der Waals surface area contributed by atoms with Crippen molar-refractivity contribution in [2.45, 2.75) is 24.8 Å². The maximum atomic E-state index is 12.2. The molecule has 144 valence electrons. The average molecular weight is 389 g/mol. The Morgan fingerprint density at radius 1 is 1.11 bits per heavy atom. The number of hydrogen-bond donors (Lipinski definition) is 0. The van der Waals surface area contributed by atoms with Crippen LogP contribution >= 0.6 is 0 Å². The van der Waals surface area contributed by atoms with Gasteiger partial charge in [0.05, 0.1) is 11.5 Å². The van der Waals surface area contributed by atoms with E-state index in [1.54, 1.807) is 17.0 Å². The summed E-state index contributed by atoms with van der Waals surface area (Å²) >= 11 is 0. The van der Waals surface area contributed by atoms with Gasteiger partial charge < -0.3 is 9.64 Å². The van der Waals surface area contributed by atoms with Gasteiger partial charge in [0.25, 0.3) is 10.1 Å². The van der Waals surface area contributed by atoms with E-state index in [2.05, 4.69) is 0 Å². The van der Waals surface area contributed by atoms with Crippen molar-refractivity contribution in [3.8, 4) is 0 Å². The lowest BCUT2D eigenvalue weighted by molar-refractivity contribution is 0.102. The van der Waals surface area contributed by atoms with E-state index in [0.717, 1.165) is 11.1 Å². The molecule has 1 aliphatic rings. The molecule has 0 N–H and O–H groups in total. The van der Waals surface area contributed by atoms with Crippen molar-refractivity contribution in [2.75, 3.05) is 19.7 Å². The lowest BCUT2D eigenvalue weighted by atomic mass is 10.1. The maximum Gasteiger partial charge on any atom is 0.410 e. The molecule has 1 aliphatic heterocycles. The number of nitrogens with zero attached hydrogens (tertiary/aromatic N) is 1. The predicted octanol–water partition coefficient (Wildman–Crippen LogP) is 3.36. The van der Waals surface area contributed by atoms with Crippen molar-refractivity contribution in [3.05, 3.63) is 65.7 Å². The van der Waals surface area contributed by atoms with Crippen LogP contribution in [0.15, 0.2) is 59.5 Å². The number of carbonyl (C=O) groups is 1. The standard InChI is InChI=1S/C20H23NO5S/c1-16-7-9-19(10-8-16)27(23,24)26-15-18-11-12-21(13-18)20(22)25-14-17-5-3-2-4-6-17/h2-10,18H,11-15H2,1H3. The molecule has 1 atom stereocenters. The van der Waals surface area contributed by atoms with Gasteiger partial charge in [-0.15, -0.1) is 0 Å². The fourth-order valence-electron chi connectivity index (χ4n) is 2.90. The Bertz CT molecular complexity index is 865. The first-order valence-corrected chi connectivity index (χ1v) is 10.3. The highest BCUT2D eigenvalue weighted by Crippen LogP contribution is 2.21. The quantitative estimate of drug-likeness (QED) is 0.709. The summed E-state index contributed by atoms with van der Waals surface area (Å²) < 4.78 is 35.0. The monoisotopic (exact) mass is 389 g/mol. The van der Waals surface area contributed by atoms with Crippen molar-refractivity contribution < 1.29 is 22.1 Å². The minimum Gasteiger partial charge on any atom is -0.445 e. The summed E-state index contributed by atoms with van der Waals surface area (Å²) in [6.07, 6.45) is 0.298. The van der Waals surface area contributed by atoms with Gasteiger partial charge in [-0.25, -0.2) is 4.79 Å². The van der Waals surface area contributed by atoms with Crippen LogP contribution in [0.5, 0.6) is 0 Å². The van der Waals surface area contributed by atoms with E-state index >= 15 is 0 Å². The van der Waals surface area contributed by atoms with Gasteiger partial charge in [-0.3, -0.25) is 4.18 Å². The number of benzene rings is 2. The summed E-state index contributed by atoms with van der Waals surface area (Å²) in [5.74, 6) is -0.0329. The average Bonchev–Trinajstić information content (AvgIpc) is 3.15. The smallest absolute Gasteiger partial charge is 0.410 e. The Morgan fingerprint density at radius 3 is 2.52 bits per heavy atom. The molecule has 1 unspecified atom stereocenters. The third-order valence-corrected chi connectivity index (χ3v) is 5.81. The molecule has 0 saturated carbocycles. The van der Waals surface area contributed by atoms with Crippen molar-refractivity contribution in [1.82, 2.24) is 4.90 Å². The van der Waals surface area contributed by atoms with Crippen LogP contribution in [0.2, 0.25) is 0 Å². The van der Waals surface area contributed by atoms with E-state index in [0.29, 0.717) is 19.5 Å². The third-order valence-electron chi connectivity index (χ3n) is 4.52. The van der Waals surface area contributed by atoms with Crippen LogP contribution in [0.4, 0.5) is 4.79 Å². The number of aryl methyl sites for hydroxylation is 1. The summed E-state index contributed by atoms with van der Waals surface area (Å²) in [7, 11) is -3.78. The van der Waals surface area contributed by atoms with E-state index in [1.807, 2.05) is 37.3 Å². The van der Waals surface area contributed by atoms with Gasteiger partial charge >= 0.3 is 6.09 Å². The molecule has 0 aromatic heterocycles. The number of amides is 1. The van der Waals surface area contributed by atoms with Crippen LogP contribution < -0.4 is 0 Å².